The van der Waals surface area contributed by atoms with Gasteiger partial charge < -0.3 is 9.72 Å². The lowest BCUT2D eigenvalue weighted by atomic mass is 10.1. The van der Waals surface area contributed by atoms with E-state index in [4.69, 9.17) is 16.3 Å². The van der Waals surface area contributed by atoms with Crippen LogP contribution in [0.5, 0.6) is 0 Å². The zero-order chi connectivity index (χ0) is 15.2. The number of nitrogens with one attached hydrogen (secondary N) is 1. The Balaban J connectivity index is 2.50. The second kappa shape index (κ2) is 6.96. The molecular formula is C16H14ClNO3. The maximum absolute atomic E-state index is 12.3. The number of carbonyl (C=O) groups excluding carboxylic acids is 1. The van der Waals surface area contributed by atoms with Gasteiger partial charge in [0, 0.05) is 35.0 Å². The monoisotopic (exact) mass is 303 g/mol. The van der Waals surface area contributed by atoms with Crippen LogP contribution in [0.2, 0.25) is 0 Å². The van der Waals surface area contributed by atoms with E-state index >= 15 is 0 Å². The number of aromatic nitrogens is 1. The van der Waals surface area contributed by atoms with E-state index in [2.05, 4.69) is 16.8 Å². The van der Waals surface area contributed by atoms with Crippen molar-refractivity contribution < 1.29 is 9.53 Å². The molecule has 1 heterocycles. The normalized spacial score (nSPS) is 10.0. The second-order valence-electron chi connectivity index (χ2n) is 4.25. The molecule has 0 bridgehead atoms. The fourth-order valence-corrected chi connectivity index (χ4v) is 1.96. The third kappa shape index (κ3) is 3.45. The van der Waals surface area contributed by atoms with Gasteiger partial charge in [-0.15, -0.1) is 11.6 Å². The van der Waals surface area contributed by atoms with Crippen molar-refractivity contribution in [3.05, 3.63) is 45.7 Å². The predicted molar refractivity (Wildman–Crippen MR) is 82.7 cm³/mol. The highest BCUT2D eigenvalue weighted by Gasteiger charge is 2.13. The summed E-state index contributed by atoms with van der Waals surface area (Å²) < 4.78 is 4.87. The van der Waals surface area contributed by atoms with E-state index in [1.165, 1.54) is 6.20 Å². The fourth-order valence-electron chi connectivity index (χ4n) is 1.87. The molecule has 0 aliphatic rings. The molecule has 0 saturated carbocycles. The summed E-state index contributed by atoms with van der Waals surface area (Å²) >= 11 is 5.56. The molecule has 0 fully saturated rings. The van der Waals surface area contributed by atoms with Crippen LogP contribution in [-0.4, -0.2) is 23.4 Å². The van der Waals surface area contributed by atoms with Gasteiger partial charge in [-0.05, 0) is 25.1 Å². The van der Waals surface area contributed by atoms with Gasteiger partial charge in [0.25, 0.3) is 0 Å². The fraction of sp³-hybridized carbons (Fsp3) is 0.250. The van der Waals surface area contributed by atoms with Gasteiger partial charge in [-0.1, -0.05) is 11.8 Å². The van der Waals surface area contributed by atoms with Crippen LogP contribution in [-0.2, 0) is 4.74 Å². The summed E-state index contributed by atoms with van der Waals surface area (Å²) in [4.78, 5) is 27.0. The highest BCUT2D eigenvalue weighted by molar-refractivity contribution is 6.18. The van der Waals surface area contributed by atoms with E-state index in [9.17, 15) is 9.59 Å². The molecule has 1 aromatic heterocycles. The summed E-state index contributed by atoms with van der Waals surface area (Å²) in [5, 5.41) is 0.415. The van der Waals surface area contributed by atoms with Crippen molar-refractivity contribution in [1.29, 1.82) is 0 Å². The van der Waals surface area contributed by atoms with Crippen LogP contribution in [0.3, 0.4) is 0 Å². The molecule has 0 atom stereocenters. The molecule has 4 nitrogen and oxygen atoms in total. The van der Waals surface area contributed by atoms with Crippen LogP contribution >= 0.6 is 11.6 Å². The van der Waals surface area contributed by atoms with Crippen molar-refractivity contribution in [1.82, 2.24) is 4.98 Å². The van der Waals surface area contributed by atoms with Crippen LogP contribution < -0.4 is 5.43 Å². The van der Waals surface area contributed by atoms with Gasteiger partial charge in [-0.3, -0.25) is 4.79 Å². The van der Waals surface area contributed by atoms with Crippen LogP contribution in [0.25, 0.3) is 10.9 Å². The summed E-state index contributed by atoms with van der Waals surface area (Å²) in [5.41, 5.74) is 0.994. The quantitative estimate of drug-likeness (QED) is 0.539. The van der Waals surface area contributed by atoms with Gasteiger partial charge in [0.2, 0.25) is 5.43 Å². The molecule has 108 valence electrons. The average Bonchev–Trinajstić information content (AvgIpc) is 2.48. The third-order valence-electron chi connectivity index (χ3n) is 2.83. The molecule has 0 amide bonds. The second-order valence-corrected chi connectivity index (χ2v) is 4.63. The predicted octanol–water partition coefficient (Wildman–Crippen LogP) is 2.69. The standard InChI is InChI=1S/C16H14ClNO3/c1-2-21-16(20)13-10-18-14-7-6-11(5-3-4-8-17)9-12(14)15(13)19/h6-7,9-10H,2,4,8H2,1H3,(H,18,19). The number of ether oxygens (including phenoxy) is 1. The molecule has 5 heteroatoms. The molecule has 0 spiro atoms. The summed E-state index contributed by atoms with van der Waals surface area (Å²) in [6, 6.07) is 5.23. The molecule has 2 aromatic rings. The molecule has 2 rings (SSSR count). The molecule has 0 aliphatic carbocycles. The first-order valence-corrected chi connectivity index (χ1v) is 7.08. The maximum atomic E-state index is 12.3. The van der Waals surface area contributed by atoms with Crippen molar-refractivity contribution in [3.63, 3.8) is 0 Å². The zero-order valence-electron chi connectivity index (χ0n) is 11.5. The van der Waals surface area contributed by atoms with E-state index in [0.717, 1.165) is 0 Å². The lowest BCUT2D eigenvalue weighted by molar-refractivity contribution is 0.0524. The van der Waals surface area contributed by atoms with Gasteiger partial charge >= 0.3 is 5.97 Å². The van der Waals surface area contributed by atoms with Gasteiger partial charge in [-0.25, -0.2) is 4.79 Å². The Labute approximate surface area is 127 Å². The van der Waals surface area contributed by atoms with Crippen molar-refractivity contribution in [2.24, 2.45) is 0 Å². The third-order valence-corrected chi connectivity index (χ3v) is 3.02. The maximum Gasteiger partial charge on any atom is 0.343 e. The SMILES string of the molecule is CCOC(=O)c1c[nH]c2ccc(C#CCCCl)cc2c1=O. The Kier molecular flexibility index (Phi) is 5.02. The van der Waals surface area contributed by atoms with E-state index in [1.807, 2.05) is 6.07 Å². The molecule has 0 saturated heterocycles. The number of alkyl halides is 1. The number of aromatic amines is 1. The number of carbonyl (C=O) groups is 1. The first-order chi connectivity index (χ1) is 10.2. The molecule has 21 heavy (non-hydrogen) atoms. The summed E-state index contributed by atoms with van der Waals surface area (Å²) in [7, 11) is 0. The summed E-state index contributed by atoms with van der Waals surface area (Å²) in [6.07, 6.45) is 1.96. The largest absolute Gasteiger partial charge is 0.462 e. The van der Waals surface area contributed by atoms with Crippen LogP contribution in [0, 0.1) is 11.8 Å². The number of hydrogen-bond donors (Lipinski definition) is 1. The Hall–Kier alpha value is -2.25. The molecule has 0 radical (unpaired) electrons. The number of benzene rings is 1. The Morgan fingerprint density at radius 2 is 2.24 bits per heavy atom. The van der Waals surface area contributed by atoms with E-state index in [-0.39, 0.29) is 17.6 Å². The summed E-state index contributed by atoms with van der Waals surface area (Å²) in [5.74, 6) is 5.68. The molecule has 0 unspecified atom stereocenters. The van der Waals surface area contributed by atoms with Crippen molar-refractivity contribution in [2.75, 3.05) is 12.5 Å². The smallest absolute Gasteiger partial charge is 0.343 e. The van der Waals surface area contributed by atoms with Gasteiger partial charge in [0.1, 0.15) is 5.56 Å². The number of esters is 1. The zero-order valence-corrected chi connectivity index (χ0v) is 12.3. The topological polar surface area (TPSA) is 59.2 Å². The summed E-state index contributed by atoms with van der Waals surface area (Å²) in [6.45, 7) is 1.91. The highest BCUT2D eigenvalue weighted by Crippen LogP contribution is 2.11. The number of rotatable bonds is 3. The lowest BCUT2D eigenvalue weighted by Gasteiger charge is -2.03. The Bertz CT molecular complexity index is 783. The number of halogens is 1. The molecular weight excluding hydrogens is 290 g/mol. The minimum atomic E-state index is -0.626. The first kappa shape index (κ1) is 15.1. The Morgan fingerprint density at radius 1 is 1.43 bits per heavy atom. The number of hydrogen-bond acceptors (Lipinski definition) is 3. The molecule has 1 N–H and O–H groups in total. The van der Waals surface area contributed by atoms with E-state index in [1.54, 1.807) is 19.1 Å². The molecule has 1 aromatic carbocycles. The minimum Gasteiger partial charge on any atom is -0.462 e. The van der Waals surface area contributed by atoms with Crippen molar-refractivity contribution in [2.45, 2.75) is 13.3 Å². The number of H-pyrrole nitrogens is 1. The van der Waals surface area contributed by atoms with E-state index < -0.39 is 5.97 Å². The van der Waals surface area contributed by atoms with Crippen molar-refractivity contribution >= 4 is 28.5 Å². The van der Waals surface area contributed by atoms with Gasteiger partial charge in [0.05, 0.1) is 6.61 Å². The van der Waals surface area contributed by atoms with E-state index in [0.29, 0.717) is 28.8 Å². The van der Waals surface area contributed by atoms with Gasteiger partial charge in [-0.2, -0.15) is 0 Å². The minimum absolute atomic E-state index is 0.00443. The average molecular weight is 304 g/mol. The number of fused-ring (bicyclic) bond motifs is 1. The Morgan fingerprint density at radius 3 is 2.95 bits per heavy atom. The molecule has 0 aliphatic heterocycles. The van der Waals surface area contributed by atoms with Crippen LogP contribution in [0.4, 0.5) is 0 Å². The van der Waals surface area contributed by atoms with Crippen LogP contribution in [0.15, 0.2) is 29.2 Å². The lowest BCUT2D eigenvalue weighted by Crippen LogP contribution is -2.18. The first-order valence-electron chi connectivity index (χ1n) is 6.54. The number of pyridine rings is 1. The van der Waals surface area contributed by atoms with Gasteiger partial charge in [0.15, 0.2) is 0 Å². The van der Waals surface area contributed by atoms with Crippen LogP contribution in [0.1, 0.15) is 29.3 Å². The highest BCUT2D eigenvalue weighted by atomic mass is 35.5. The van der Waals surface area contributed by atoms with Crippen molar-refractivity contribution in [3.8, 4) is 11.8 Å².